The van der Waals surface area contributed by atoms with Gasteiger partial charge in [-0.25, -0.2) is 9.37 Å². The zero-order valence-corrected chi connectivity index (χ0v) is 13.2. The molecule has 0 bridgehead atoms. The Bertz CT molecular complexity index is 659. The van der Waals surface area contributed by atoms with Crippen molar-refractivity contribution in [1.29, 1.82) is 0 Å². The normalized spacial score (nSPS) is 10.4. The maximum Gasteiger partial charge on any atom is 0.269 e. The number of nitrogens with one attached hydrogen (secondary N) is 1. The van der Waals surface area contributed by atoms with Crippen molar-refractivity contribution in [1.82, 2.24) is 4.98 Å². The van der Waals surface area contributed by atoms with Crippen molar-refractivity contribution in [2.45, 2.75) is 0 Å². The van der Waals surface area contributed by atoms with Crippen LogP contribution in [0.3, 0.4) is 0 Å². The highest BCUT2D eigenvalue weighted by Crippen LogP contribution is 2.28. The van der Waals surface area contributed by atoms with Crippen LogP contribution in [0.25, 0.3) is 0 Å². The molecule has 5 nitrogen and oxygen atoms in total. The number of hydrogen-bond donors (Lipinski definition) is 2. The summed E-state index contributed by atoms with van der Waals surface area (Å²) >= 11 is 4.26. The minimum atomic E-state index is -0.393. The van der Waals surface area contributed by atoms with Gasteiger partial charge in [0.2, 0.25) is 0 Å². The third-order valence-corrected chi connectivity index (χ3v) is 4.25. The predicted octanol–water partition coefficient (Wildman–Crippen LogP) is 2.95. The summed E-state index contributed by atoms with van der Waals surface area (Å²) in [4.78, 5) is 18.3. The van der Waals surface area contributed by atoms with E-state index >= 15 is 0 Å². The second-order valence-electron chi connectivity index (χ2n) is 4.19. The Hall–Kier alpha value is -1.67. The Morgan fingerprint density at radius 1 is 1.50 bits per heavy atom. The molecule has 0 aliphatic rings. The number of carbonyl (C=O) groups excluding carboxylic acids is 1. The SMILES string of the molecule is CN(C)c1nc(N)c(C(=O)Nc2ccc(F)c(Br)c2)s1. The van der Waals surface area contributed by atoms with Crippen LogP contribution in [0.5, 0.6) is 0 Å². The summed E-state index contributed by atoms with van der Waals surface area (Å²) in [7, 11) is 3.63. The van der Waals surface area contributed by atoms with E-state index < -0.39 is 5.82 Å². The Kier molecular flexibility index (Phi) is 4.24. The second-order valence-corrected chi connectivity index (χ2v) is 6.02. The van der Waals surface area contributed by atoms with Crippen LogP contribution in [0.2, 0.25) is 0 Å². The lowest BCUT2D eigenvalue weighted by atomic mass is 10.3. The van der Waals surface area contributed by atoms with Crippen molar-refractivity contribution in [3.8, 4) is 0 Å². The summed E-state index contributed by atoms with van der Waals surface area (Å²) < 4.78 is 13.4. The first-order chi connectivity index (χ1) is 9.38. The Morgan fingerprint density at radius 2 is 2.20 bits per heavy atom. The summed E-state index contributed by atoms with van der Waals surface area (Å²) in [6.45, 7) is 0. The number of thiazole rings is 1. The smallest absolute Gasteiger partial charge is 0.269 e. The number of hydrogen-bond acceptors (Lipinski definition) is 5. The Morgan fingerprint density at radius 3 is 2.75 bits per heavy atom. The van der Waals surface area contributed by atoms with E-state index in [9.17, 15) is 9.18 Å². The molecule has 1 amide bonds. The molecule has 0 aliphatic heterocycles. The highest BCUT2D eigenvalue weighted by atomic mass is 79.9. The highest BCUT2D eigenvalue weighted by Gasteiger charge is 2.17. The summed E-state index contributed by atoms with van der Waals surface area (Å²) in [6, 6.07) is 4.22. The van der Waals surface area contributed by atoms with Gasteiger partial charge in [-0.1, -0.05) is 11.3 Å². The number of rotatable bonds is 3. The largest absolute Gasteiger partial charge is 0.382 e. The van der Waals surface area contributed by atoms with Gasteiger partial charge in [-0.2, -0.15) is 0 Å². The van der Waals surface area contributed by atoms with Crippen molar-refractivity contribution >= 4 is 49.8 Å². The Labute approximate surface area is 127 Å². The fraction of sp³-hybridized carbons (Fsp3) is 0.167. The molecule has 2 aromatic rings. The van der Waals surface area contributed by atoms with E-state index in [-0.39, 0.29) is 16.2 Å². The minimum absolute atomic E-state index is 0.178. The van der Waals surface area contributed by atoms with Crippen LogP contribution in [-0.2, 0) is 0 Å². The van der Waals surface area contributed by atoms with Gasteiger partial charge in [-0.15, -0.1) is 0 Å². The van der Waals surface area contributed by atoms with Gasteiger partial charge in [-0.3, -0.25) is 4.79 Å². The van der Waals surface area contributed by atoms with Gasteiger partial charge in [0.05, 0.1) is 4.47 Å². The van der Waals surface area contributed by atoms with Crippen LogP contribution in [0.15, 0.2) is 22.7 Å². The molecule has 20 heavy (non-hydrogen) atoms. The van der Waals surface area contributed by atoms with Gasteiger partial charge in [0, 0.05) is 19.8 Å². The number of nitrogens with two attached hydrogens (primary N) is 1. The van der Waals surface area contributed by atoms with Gasteiger partial charge in [-0.05, 0) is 34.1 Å². The number of nitrogens with zero attached hydrogens (tertiary/aromatic N) is 2. The lowest BCUT2D eigenvalue weighted by molar-refractivity contribution is 0.103. The molecule has 0 radical (unpaired) electrons. The average Bonchev–Trinajstić information content (AvgIpc) is 2.76. The first-order valence-electron chi connectivity index (χ1n) is 5.58. The number of anilines is 3. The zero-order chi connectivity index (χ0) is 14.9. The van der Waals surface area contributed by atoms with Crippen LogP contribution in [-0.4, -0.2) is 25.0 Å². The molecule has 0 aliphatic carbocycles. The zero-order valence-electron chi connectivity index (χ0n) is 10.8. The second kappa shape index (κ2) is 5.76. The molecule has 3 N–H and O–H groups in total. The molecule has 106 valence electrons. The highest BCUT2D eigenvalue weighted by molar-refractivity contribution is 9.10. The Balaban J connectivity index is 2.21. The van der Waals surface area contributed by atoms with E-state index in [0.717, 1.165) is 0 Å². The van der Waals surface area contributed by atoms with Crippen LogP contribution in [0, 0.1) is 5.82 Å². The minimum Gasteiger partial charge on any atom is -0.382 e. The maximum absolute atomic E-state index is 13.1. The van der Waals surface area contributed by atoms with Crippen LogP contribution in [0.1, 0.15) is 9.67 Å². The lowest BCUT2D eigenvalue weighted by Crippen LogP contribution is -2.12. The van der Waals surface area contributed by atoms with Gasteiger partial charge in [0.25, 0.3) is 5.91 Å². The number of nitrogen functional groups attached to an aromatic ring is 1. The molecule has 0 unspecified atom stereocenters. The fourth-order valence-electron chi connectivity index (χ4n) is 1.44. The summed E-state index contributed by atoms with van der Waals surface area (Å²) in [5, 5.41) is 3.30. The molecule has 0 fully saturated rings. The quantitative estimate of drug-likeness (QED) is 0.884. The average molecular weight is 359 g/mol. The summed E-state index contributed by atoms with van der Waals surface area (Å²) in [5.41, 5.74) is 6.20. The molecular formula is C12H12BrFN4OS. The van der Waals surface area contributed by atoms with Crippen LogP contribution < -0.4 is 16.0 Å². The fourth-order valence-corrected chi connectivity index (χ4v) is 2.62. The van der Waals surface area contributed by atoms with E-state index in [2.05, 4.69) is 26.2 Å². The van der Waals surface area contributed by atoms with Gasteiger partial charge in [0.1, 0.15) is 16.5 Å². The lowest BCUT2D eigenvalue weighted by Gasteiger charge is -2.05. The number of aromatic nitrogens is 1. The topological polar surface area (TPSA) is 71.2 Å². The first kappa shape index (κ1) is 14.7. The van der Waals surface area contributed by atoms with Gasteiger partial charge in [0.15, 0.2) is 5.13 Å². The number of benzene rings is 1. The third-order valence-electron chi connectivity index (χ3n) is 2.41. The molecule has 8 heteroatoms. The van der Waals surface area contributed by atoms with Crippen molar-refractivity contribution < 1.29 is 9.18 Å². The molecule has 0 saturated heterocycles. The molecule has 1 aromatic carbocycles. The van der Waals surface area contributed by atoms with Crippen molar-refractivity contribution in [3.63, 3.8) is 0 Å². The van der Waals surface area contributed by atoms with Crippen molar-refractivity contribution in [3.05, 3.63) is 33.4 Å². The molecular weight excluding hydrogens is 347 g/mol. The molecule has 0 atom stereocenters. The summed E-state index contributed by atoms with van der Waals surface area (Å²) in [5.74, 6) is -0.584. The van der Waals surface area contributed by atoms with Gasteiger partial charge >= 0.3 is 0 Å². The molecule has 1 aromatic heterocycles. The molecule has 0 saturated carbocycles. The van der Waals surface area contributed by atoms with E-state index in [1.807, 2.05) is 14.1 Å². The van der Waals surface area contributed by atoms with E-state index in [0.29, 0.717) is 15.7 Å². The predicted molar refractivity (Wildman–Crippen MR) is 82.9 cm³/mol. The molecule has 2 rings (SSSR count). The maximum atomic E-state index is 13.1. The van der Waals surface area contributed by atoms with E-state index in [1.165, 1.54) is 29.5 Å². The van der Waals surface area contributed by atoms with Crippen LogP contribution in [0.4, 0.5) is 21.0 Å². The monoisotopic (exact) mass is 358 g/mol. The summed E-state index contributed by atoms with van der Waals surface area (Å²) in [6.07, 6.45) is 0. The first-order valence-corrected chi connectivity index (χ1v) is 7.19. The van der Waals surface area contributed by atoms with Crippen LogP contribution >= 0.6 is 27.3 Å². The molecule has 0 spiro atoms. The van der Waals surface area contributed by atoms with Crippen molar-refractivity contribution in [2.75, 3.05) is 30.0 Å². The number of halogens is 2. The number of amides is 1. The number of carbonyl (C=O) groups is 1. The van der Waals surface area contributed by atoms with Gasteiger partial charge < -0.3 is 16.0 Å². The third kappa shape index (κ3) is 3.07. The standard InChI is InChI=1S/C12H12BrFN4OS/c1-18(2)12-17-10(15)9(20-12)11(19)16-6-3-4-8(14)7(13)5-6/h3-5H,15H2,1-2H3,(H,16,19). The van der Waals surface area contributed by atoms with E-state index in [4.69, 9.17) is 5.73 Å². The van der Waals surface area contributed by atoms with Crippen molar-refractivity contribution in [2.24, 2.45) is 0 Å². The van der Waals surface area contributed by atoms with E-state index in [1.54, 1.807) is 4.90 Å². The molecule has 1 heterocycles.